The zero-order valence-corrected chi connectivity index (χ0v) is 8.62. The summed E-state index contributed by atoms with van der Waals surface area (Å²) >= 11 is 0. The van der Waals surface area contributed by atoms with Gasteiger partial charge >= 0.3 is 0 Å². The highest BCUT2D eigenvalue weighted by molar-refractivity contribution is 6.69. The molecule has 0 heterocycles. The maximum Gasteiger partial charge on any atom is 0.0611 e. The Morgan fingerprint density at radius 2 is 2.22 bits per heavy atom. The van der Waals surface area contributed by atoms with Crippen LogP contribution in [0.15, 0.2) is 0 Å². The van der Waals surface area contributed by atoms with Gasteiger partial charge in [0.15, 0.2) is 0 Å². The van der Waals surface area contributed by atoms with E-state index in [0.29, 0.717) is 0 Å². The van der Waals surface area contributed by atoms with Gasteiger partial charge in [0.05, 0.1) is 8.80 Å². The molecule has 0 spiro atoms. The minimum Gasteiger partial charge on any atom is -0.323 e. The van der Waals surface area contributed by atoms with Crippen LogP contribution in [-0.2, 0) is 0 Å². The van der Waals surface area contributed by atoms with Gasteiger partial charge in [0.1, 0.15) is 0 Å². The molecule has 0 fully saturated rings. The molecule has 3 heteroatoms. The molecule has 0 aliphatic heterocycles. The third-order valence-electron chi connectivity index (χ3n) is 1.35. The van der Waals surface area contributed by atoms with Crippen molar-refractivity contribution in [3.63, 3.8) is 0 Å². The zero-order chi connectivity index (χ0) is 7.11. The van der Waals surface area contributed by atoms with Crippen LogP contribution in [0.1, 0.15) is 6.92 Å². The quantitative estimate of drug-likeness (QED) is 0.588. The lowest BCUT2D eigenvalue weighted by atomic mass is 11.0. The molecule has 0 aromatic carbocycles. The van der Waals surface area contributed by atoms with Gasteiger partial charge in [-0.2, -0.15) is 0 Å². The molecule has 0 aromatic heterocycles. The molecule has 0 bridgehead atoms. The minimum atomic E-state index is 0.0154. The topological polar surface area (TPSA) is 12.0 Å². The molecule has 0 rings (SSSR count). The van der Waals surface area contributed by atoms with Gasteiger partial charge in [-0.15, -0.1) is 0 Å². The number of nitrogens with one attached hydrogen (secondary N) is 1. The van der Waals surface area contributed by atoms with Gasteiger partial charge in [0.25, 0.3) is 0 Å². The predicted molar refractivity (Wildman–Crippen MR) is 46.6 cm³/mol. The minimum absolute atomic E-state index is 0.0154. The SMILES string of the molecule is CC[Si](CNC)C[Si]C. The Hall–Kier alpha value is 0.394. The van der Waals surface area contributed by atoms with Crippen LogP contribution in [0.5, 0.6) is 0 Å². The molecule has 0 saturated heterocycles. The normalized spacial score (nSPS) is 10.7. The highest BCUT2D eigenvalue weighted by atomic mass is 28.3. The van der Waals surface area contributed by atoms with Crippen LogP contribution in [-0.4, -0.2) is 31.5 Å². The second kappa shape index (κ2) is 6.51. The molecule has 9 heavy (non-hydrogen) atoms. The first-order valence-electron chi connectivity index (χ1n) is 3.47. The van der Waals surface area contributed by atoms with Crippen molar-refractivity contribution in [3.05, 3.63) is 0 Å². The van der Waals surface area contributed by atoms with Gasteiger partial charge < -0.3 is 5.32 Å². The Morgan fingerprint density at radius 3 is 2.56 bits per heavy atom. The Labute approximate surface area is 62.7 Å². The average Bonchev–Trinajstić information content (AvgIpc) is 1.88. The van der Waals surface area contributed by atoms with Crippen molar-refractivity contribution in [1.82, 2.24) is 5.32 Å². The molecule has 0 amide bonds. The van der Waals surface area contributed by atoms with Crippen LogP contribution in [0, 0.1) is 0 Å². The molecule has 0 saturated carbocycles. The molecular formula is C6H16NSi2. The Morgan fingerprint density at radius 1 is 1.56 bits per heavy atom. The van der Waals surface area contributed by atoms with Crippen molar-refractivity contribution in [2.45, 2.75) is 25.2 Å². The Bertz CT molecular complexity index is 53.0. The van der Waals surface area contributed by atoms with E-state index in [1.807, 2.05) is 0 Å². The predicted octanol–water partition coefficient (Wildman–Crippen LogP) is 0.969. The summed E-state index contributed by atoms with van der Waals surface area (Å²) in [6, 6.07) is 1.42. The molecule has 3 radical (unpaired) electrons. The standard InChI is InChI=1S/C6H16NSi2/c1-4-9(5-7-2)6-8-3/h7H,4-6H2,1-3H3. The number of hydrogen-bond donors (Lipinski definition) is 1. The monoisotopic (exact) mass is 158 g/mol. The lowest BCUT2D eigenvalue weighted by Gasteiger charge is -2.08. The highest BCUT2D eigenvalue weighted by Crippen LogP contribution is 1.94. The molecule has 0 aliphatic rings. The van der Waals surface area contributed by atoms with E-state index in [4.69, 9.17) is 0 Å². The number of rotatable bonds is 5. The van der Waals surface area contributed by atoms with Crippen LogP contribution < -0.4 is 5.32 Å². The maximum atomic E-state index is 3.25. The Kier molecular flexibility index (Phi) is 6.80. The van der Waals surface area contributed by atoms with E-state index in [9.17, 15) is 0 Å². The maximum absolute atomic E-state index is 3.25. The fourth-order valence-electron chi connectivity index (χ4n) is 0.812. The van der Waals surface area contributed by atoms with Gasteiger partial charge in [-0.3, -0.25) is 0 Å². The molecule has 0 aromatic rings. The van der Waals surface area contributed by atoms with Gasteiger partial charge in [-0.1, -0.05) is 25.2 Å². The van der Waals surface area contributed by atoms with Crippen molar-refractivity contribution in [2.24, 2.45) is 0 Å². The summed E-state index contributed by atoms with van der Waals surface area (Å²) in [5.74, 6) is 0. The Balaban J connectivity index is 3.18. The van der Waals surface area contributed by atoms with Crippen LogP contribution >= 0.6 is 0 Å². The van der Waals surface area contributed by atoms with E-state index in [1.165, 1.54) is 17.9 Å². The molecule has 1 nitrogen and oxygen atoms in total. The van der Waals surface area contributed by atoms with Crippen molar-refractivity contribution in [2.75, 3.05) is 13.2 Å². The van der Waals surface area contributed by atoms with Crippen molar-refractivity contribution < 1.29 is 0 Å². The summed E-state index contributed by atoms with van der Waals surface area (Å²) in [4.78, 5) is 0. The van der Waals surface area contributed by atoms with E-state index >= 15 is 0 Å². The second-order valence-electron chi connectivity index (χ2n) is 2.16. The summed E-state index contributed by atoms with van der Waals surface area (Å²) in [6.07, 6.45) is 1.29. The summed E-state index contributed by atoms with van der Waals surface area (Å²) < 4.78 is 0. The summed E-state index contributed by atoms with van der Waals surface area (Å²) in [5, 5.41) is 3.25. The zero-order valence-electron chi connectivity index (χ0n) is 6.62. The molecule has 0 unspecified atom stereocenters. The van der Waals surface area contributed by atoms with E-state index in [1.54, 1.807) is 0 Å². The van der Waals surface area contributed by atoms with Crippen LogP contribution in [0.2, 0.25) is 18.3 Å². The smallest absolute Gasteiger partial charge is 0.0611 e. The number of hydrogen-bond acceptors (Lipinski definition) is 1. The van der Waals surface area contributed by atoms with Crippen LogP contribution in [0.25, 0.3) is 0 Å². The van der Waals surface area contributed by atoms with Crippen LogP contribution in [0.3, 0.4) is 0 Å². The third kappa shape index (κ3) is 4.87. The third-order valence-corrected chi connectivity index (χ3v) is 6.62. The fourth-order valence-corrected chi connectivity index (χ4v) is 5.06. The van der Waals surface area contributed by atoms with Crippen LogP contribution in [0.4, 0.5) is 0 Å². The first kappa shape index (κ1) is 9.39. The van der Waals surface area contributed by atoms with E-state index < -0.39 is 0 Å². The van der Waals surface area contributed by atoms with Crippen molar-refractivity contribution in [3.8, 4) is 0 Å². The average molecular weight is 158 g/mol. The van der Waals surface area contributed by atoms with Gasteiger partial charge in [-0.25, -0.2) is 0 Å². The molecule has 1 N–H and O–H groups in total. The molecule has 0 atom stereocenters. The summed E-state index contributed by atoms with van der Waals surface area (Å²) in [5.41, 5.74) is 1.50. The van der Waals surface area contributed by atoms with Gasteiger partial charge in [0.2, 0.25) is 0 Å². The van der Waals surface area contributed by atoms with Crippen molar-refractivity contribution in [1.29, 1.82) is 0 Å². The van der Waals surface area contributed by atoms with Gasteiger partial charge in [-0.05, 0) is 13.2 Å². The summed E-state index contributed by atoms with van der Waals surface area (Å²) in [7, 11) is 3.23. The lowest BCUT2D eigenvalue weighted by molar-refractivity contribution is 0.950. The molecule has 53 valence electrons. The second-order valence-corrected chi connectivity index (χ2v) is 6.85. The fraction of sp³-hybridized carbons (Fsp3) is 1.00. The lowest BCUT2D eigenvalue weighted by Crippen LogP contribution is -2.28. The molecular weight excluding hydrogens is 142 g/mol. The van der Waals surface area contributed by atoms with E-state index in [2.05, 4.69) is 25.8 Å². The van der Waals surface area contributed by atoms with E-state index in [0.717, 1.165) is 9.52 Å². The van der Waals surface area contributed by atoms with E-state index in [-0.39, 0.29) is 8.80 Å². The molecule has 0 aliphatic carbocycles. The first-order valence-corrected chi connectivity index (χ1v) is 7.30. The largest absolute Gasteiger partial charge is 0.323 e. The highest BCUT2D eigenvalue weighted by Gasteiger charge is 2.04. The summed E-state index contributed by atoms with van der Waals surface area (Å²) in [6.45, 7) is 4.61. The first-order chi connectivity index (χ1) is 4.35. The van der Waals surface area contributed by atoms with Gasteiger partial charge in [0, 0.05) is 9.52 Å². The van der Waals surface area contributed by atoms with Crippen molar-refractivity contribution >= 4 is 18.3 Å².